The first-order valence-corrected chi connectivity index (χ1v) is 10.5. The normalized spacial score (nSPS) is 19.7. The molecule has 1 saturated heterocycles. The molecule has 1 aromatic carbocycles. The summed E-state index contributed by atoms with van der Waals surface area (Å²) < 4.78 is 17.0. The zero-order chi connectivity index (χ0) is 18.8. The van der Waals surface area contributed by atoms with Crippen LogP contribution in [0.15, 0.2) is 23.6 Å². The summed E-state index contributed by atoms with van der Waals surface area (Å²) in [6.07, 6.45) is 1.13. The molecule has 1 unspecified atom stereocenters. The van der Waals surface area contributed by atoms with Gasteiger partial charge in [-0.1, -0.05) is 0 Å². The van der Waals surface area contributed by atoms with Crippen LogP contribution in [0.1, 0.15) is 29.0 Å². The Kier molecular flexibility index (Phi) is 7.10. The number of anilines is 1. The Morgan fingerprint density at radius 2 is 1.86 bits per heavy atom. The van der Waals surface area contributed by atoms with E-state index in [1.807, 2.05) is 11.3 Å². The van der Waals surface area contributed by atoms with Crippen LogP contribution in [0.5, 0.6) is 11.5 Å². The van der Waals surface area contributed by atoms with Gasteiger partial charge in [0.1, 0.15) is 11.5 Å². The predicted octanol–water partition coefficient (Wildman–Crippen LogP) is 4.14. The number of hydrogen-bond acceptors (Lipinski definition) is 6. The highest BCUT2D eigenvalue weighted by atomic mass is 35.5. The fraction of sp³-hybridized carbons (Fsp3) is 0.524. The lowest BCUT2D eigenvalue weighted by Gasteiger charge is -2.34. The molecule has 0 N–H and O–H groups in total. The first-order chi connectivity index (χ1) is 13.2. The molecule has 2 aliphatic rings. The van der Waals surface area contributed by atoms with E-state index in [4.69, 9.17) is 14.2 Å². The van der Waals surface area contributed by atoms with E-state index in [1.54, 1.807) is 14.2 Å². The number of halogens is 1. The van der Waals surface area contributed by atoms with Crippen LogP contribution >= 0.6 is 23.7 Å². The maximum absolute atomic E-state index is 5.77. The van der Waals surface area contributed by atoms with Crippen molar-refractivity contribution in [3.8, 4) is 11.5 Å². The lowest BCUT2D eigenvalue weighted by molar-refractivity contribution is 0.122. The summed E-state index contributed by atoms with van der Waals surface area (Å²) in [4.78, 5) is 6.38. The molecule has 28 heavy (non-hydrogen) atoms. The van der Waals surface area contributed by atoms with E-state index in [9.17, 15) is 0 Å². The summed E-state index contributed by atoms with van der Waals surface area (Å²) in [7, 11) is 3.50. The molecule has 1 aromatic heterocycles. The third kappa shape index (κ3) is 4.10. The van der Waals surface area contributed by atoms with Gasteiger partial charge in [0.05, 0.1) is 33.1 Å². The fourth-order valence-electron chi connectivity index (χ4n) is 4.12. The van der Waals surface area contributed by atoms with E-state index in [1.165, 1.54) is 16.0 Å². The fourth-order valence-corrected chi connectivity index (χ4v) is 5.08. The number of hydrogen-bond donors (Lipinski definition) is 0. The summed E-state index contributed by atoms with van der Waals surface area (Å²) in [6, 6.07) is 6.98. The van der Waals surface area contributed by atoms with Gasteiger partial charge in [-0.15, -0.1) is 23.7 Å². The highest BCUT2D eigenvalue weighted by molar-refractivity contribution is 7.10. The summed E-state index contributed by atoms with van der Waals surface area (Å²) in [5.74, 6) is 1.84. The second kappa shape index (κ2) is 9.35. The number of rotatable bonds is 5. The van der Waals surface area contributed by atoms with Gasteiger partial charge in [-0.3, -0.25) is 4.90 Å². The highest BCUT2D eigenvalue weighted by Gasteiger charge is 2.26. The first kappa shape index (κ1) is 21.2. The van der Waals surface area contributed by atoms with Gasteiger partial charge in [-0.2, -0.15) is 0 Å². The molecule has 0 amide bonds. The smallest absolute Gasteiger partial charge is 0.142 e. The maximum atomic E-state index is 5.77. The van der Waals surface area contributed by atoms with Gasteiger partial charge >= 0.3 is 0 Å². The number of nitrogens with zero attached hydrogens (tertiary/aromatic N) is 2. The molecule has 0 aliphatic carbocycles. The molecule has 5 nitrogen and oxygen atoms in total. The quantitative estimate of drug-likeness (QED) is 0.720. The molecule has 2 aromatic rings. The average Bonchev–Trinajstić information content (AvgIpc) is 3.20. The summed E-state index contributed by atoms with van der Waals surface area (Å²) in [5, 5.41) is 2.21. The lowest BCUT2D eigenvalue weighted by Crippen LogP contribution is -2.36. The molecule has 1 fully saturated rings. The molecule has 0 bridgehead atoms. The predicted molar refractivity (Wildman–Crippen MR) is 117 cm³/mol. The largest absolute Gasteiger partial charge is 0.496 e. The Morgan fingerprint density at radius 3 is 2.57 bits per heavy atom. The van der Waals surface area contributed by atoms with Crippen molar-refractivity contribution >= 4 is 29.4 Å². The van der Waals surface area contributed by atoms with Crippen molar-refractivity contribution in [2.45, 2.75) is 25.9 Å². The van der Waals surface area contributed by atoms with E-state index in [0.717, 1.165) is 63.0 Å². The monoisotopic (exact) mass is 424 g/mol. The molecule has 0 radical (unpaired) electrons. The number of morpholine rings is 1. The third-order valence-corrected chi connectivity index (χ3v) is 6.71. The van der Waals surface area contributed by atoms with E-state index >= 15 is 0 Å². The van der Waals surface area contributed by atoms with Crippen LogP contribution in [0, 0.1) is 0 Å². The Morgan fingerprint density at radius 1 is 1.11 bits per heavy atom. The molecule has 1 atom stereocenters. The number of methoxy groups -OCH3 is 2. The van der Waals surface area contributed by atoms with Gasteiger partial charge in [-0.05, 0) is 36.4 Å². The second-order valence-electron chi connectivity index (χ2n) is 7.13. The van der Waals surface area contributed by atoms with Gasteiger partial charge < -0.3 is 19.1 Å². The van der Waals surface area contributed by atoms with Crippen LogP contribution in [0.2, 0.25) is 0 Å². The number of ether oxygens (including phenoxy) is 3. The van der Waals surface area contributed by atoms with Gasteiger partial charge in [-0.25, -0.2) is 0 Å². The number of fused-ring (bicyclic) bond motifs is 1. The minimum absolute atomic E-state index is 0. The molecule has 154 valence electrons. The number of thiophene rings is 1. The second-order valence-corrected chi connectivity index (χ2v) is 8.13. The molecular formula is C21H29ClN2O3S. The van der Waals surface area contributed by atoms with Crippen LogP contribution < -0.4 is 14.4 Å². The van der Waals surface area contributed by atoms with Crippen molar-refractivity contribution in [1.82, 2.24) is 4.90 Å². The third-order valence-electron chi connectivity index (χ3n) is 5.71. The van der Waals surface area contributed by atoms with Crippen LogP contribution in [-0.4, -0.2) is 52.0 Å². The Labute approximate surface area is 177 Å². The van der Waals surface area contributed by atoms with Crippen LogP contribution in [0.25, 0.3) is 0 Å². The van der Waals surface area contributed by atoms with E-state index in [0.29, 0.717) is 6.04 Å². The Bertz CT molecular complexity index is 792. The Hall–Kier alpha value is -1.47. The van der Waals surface area contributed by atoms with Crippen molar-refractivity contribution in [3.05, 3.63) is 39.6 Å². The Balaban J connectivity index is 0.00000225. The number of benzene rings is 1. The van der Waals surface area contributed by atoms with Crippen molar-refractivity contribution in [3.63, 3.8) is 0 Å². The highest BCUT2D eigenvalue weighted by Crippen LogP contribution is 2.39. The van der Waals surface area contributed by atoms with Gasteiger partial charge in [0.2, 0.25) is 0 Å². The summed E-state index contributed by atoms with van der Waals surface area (Å²) in [5.41, 5.74) is 3.74. The van der Waals surface area contributed by atoms with Crippen molar-refractivity contribution in [2.24, 2.45) is 0 Å². The summed E-state index contributed by atoms with van der Waals surface area (Å²) in [6.45, 7) is 7.50. The average molecular weight is 425 g/mol. The molecule has 7 heteroatoms. The van der Waals surface area contributed by atoms with E-state index < -0.39 is 0 Å². The summed E-state index contributed by atoms with van der Waals surface area (Å²) >= 11 is 1.88. The van der Waals surface area contributed by atoms with Crippen LogP contribution in [0.3, 0.4) is 0 Å². The van der Waals surface area contributed by atoms with Crippen molar-refractivity contribution in [1.29, 1.82) is 0 Å². The van der Waals surface area contributed by atoms with Gasteiger partial charge in [0.25, 0.3) is 0 Å². The minimum atomic E-state index is 0. The van der Waals surface area contributed by atoms with Gasteiger partial charge in [0.15, 0.2) is 0 Å². The molecule has 3 heterocycles. The molecule has 2 aliphatic heterocycles. The van der Waals surface area contributed by atoms with Crippen molar-refractivity contribution in [2.75, 3.05) is 52.0 Å². The standard InChI is InChI=1S/C21H28N2O3S.ClH/c1-15-17-5-11-27-21(17)4-6-23(15)14-16-12-20(25-3)18(13-19(16)24-2)22-7-9-26-10-8-22;/h5,11-13,15H,4,6-10,14H2,1-3H3;1H. The first-order valence-electron chi connectivity index (χ1n) is 9.59. The lowest BCUT2D eigenvalue weighted by atomic mass is 10.00. The molecule has 0 spiro atoms. The SMILES string of the molecule is COc1cc(N2CCOCC2)c(OC)cc1CN1CCc2sccc2C1C.Cl. The zero-order valence-electron chi connectivity index (χ0n) is 16.8. The maximum Gasteiger partial charge on any atom is 0.142 e. The topological polar surface area (TPSA) is 34.2 Å². The van der Waals surface area contributed by atoms with E-state index in [-0.39, 0.29) is 12.4 Å². The minimum Gasteiger partial charge on any atom is -0.496 e. The molecular weight excluding hydrogens is 396 g/mol. The van der Waals surface area contributed by atoms with Crippen LogP contribution in [-0.2, 0) is 17.7 Å². The van der Waals surface area contributed by atoms with Crippen molar-refractivity contribution < 1.29 is 14.2 Å². The zero-order valence-corrected chi connectivity index (χ0v) is 18.4. The van der Waals surface area contributed by atoms with Gasteiger partial charge in [0, 0.05) is 48.7 Å². The van der Waals surface area contributed by atoms with Crippen LogP contribution in [0.4, 0.5) is 5.69 Å². The molecule has 4 rings (SSSR count). The van der Waals surface area contributed by atoms with E-state index in [2.05, 4.69) is 40.3 Å². The molecule has 0 saturated carbocycles.